The van der Waals surface area contributed by atoms with E-state index < -0.39 is 11.6 Å². The van der Waals surface area contributed by atoms with Crippen LogP contribution < -0.4 is 4.74 Å². The van der Waals surface area contributed by atoms with Gasteiger partial charge in [-0.05, 0) is 36.5 Å². The van der Waals surface area contributed by atoms with Crippen molar-refractivity contribution in [3.63, 3.8) is 0 Å². The van der Waals surface area contributed by atoms with Crippen molar-refractivity contribution in [2.45, 2.75) is 45.6 Å². The van der Waals surface area contributed by atoms with Gasteiger partial charge < -0.3 is 9.84 Å². The standard InChI is InChI=1S/C14H18O3/c1-8-6-9(13(2,3)4)7-10-11(8)17-12(15)14(10,5)16/h6-7,16H,1-5H3. The van der Waals surface area contributed by atoms with Gasteiger partial charge in [0.05, 0.1) is 0 Å². The number of ether oxygens (including phenoxy) is 1. The van der Waals surface area contributed by atoms with Crippen LogP contribution in [0.4, 0.5) is 0 Å². The fourth-order valence-electron chi connectivity index (χ4n) is 2.01. The second kappa shape index (κ2) is 3.33. The predicted octanol–water partition coefficient (Wildman–Crippen LogP) is 2.42. The highest BCUT2D eigenvalue weighted by atomic mass is 16.6. The Morgan fingerprint density at radius 1 is 1.29 bits per heavy atom. The molecule has 0 fully saturated rings. The zero-order chi connectivity index (χ0) is 13.0. The van der Waals surface area contributed by atoms with E-state index in [1.165, 1.54) is 6.92 Å². The summed E-state index contributed by atoms with van der Waals surface area (Å²) in [6, 6.07) is 3.88. The topological polar surface area (TPSA) is 46.5 Å². The number of aliphatic hydroxyl groups is 1. The van der Waals surface area contributed by atoms with Gasteiger partial charge in [0.25, 0.3) is 0 Å². The minimum Gasteiger partial charge on any atom is -0.423 e. The SMILES string of the molecule is Cc1cc(C(C)(C)C)cc2c1OC(=O)C2(C)O. The number of esters is 1. The lowest BCUT2D eigenvalue weighted by atomic mass is 9.83. The molecular weight excluding hydrogens is 216 g/mol. The first-order chi connectivity index (χ1) is 7.64. The molecule has 1 aliphatic rings. The van der Waals surface area contributed by atoms with Gasteiger partial charge in [0.1, 0.15) is 5.75 Å². The van der Waals surface area contributed by atoms with E-state index in [-0.39, 0.29) is 5.41 Å². The second-order valence-electron chi connectivity index (χ2n) is 5.88. The van der Waals surface area contributed by atoms with Gasteiger partial charge in [0.15, 0.2) is 5.60 Å². The third-order valence-corrected chi connectivity index (χ3v) is 3.26. The fraction of sp³-hybridized carbons (Fsp3) is 0.500. The van der Waals surface area contributed by atoms with Crippen LogP contribution in [0.5, 0.6) is 5.75 Å². The van der Waals surface area contributed by atoms with E-state index in [0.717, 1.165) is 11.1 Å². The van der Waals surface area contributed by atoms with Crippen LogP contribution in [0.25, 0.3) is 0 Å². The Hall–Kier alpha value is -1.35. The summed E-state index contributed by atoms with van der Waals surface area (Å²) < 4.78 is 5.13. The summed E-state index contributed by atoms with van der Waals surface area (Å²) in [5, 5.41) is 10.2. The van der Waals surface area contributed by atoms with Gasteiger partial charge in [-0.25, -0.2) is 4.79 Å². The number of rotatable bonds is 0. The highest BCUT2D eigenvalue weighted by Crippen LogP contribution is 2.42. The predicted molar refractivity (Wildman–Crippen MR) is 65.1 cm³/mol. The van der Waals surface area contributed by atoms with Gasteiger partial charge in [0, 0.05) is 5.56 Å². The number of fused-ring (bicyclic) bond motifs is 1. The molecule has 0 radical (unpaired) electrons. The summed E-state index contributed by atoms with van der Waals surface area (Å²) in [5.74, 6) is -0.0883. The van der Waals surface area contributed by atoms with Crippen molar-refractivity contribution >= 4 is 5.97 Å². The molecule has 1 unspecified atom stereocenters. The Bertz CT molecular complexity index is 493. The lowest BCUT2D eigenvalue weighted by molar-refractivity contribution is -0.150. The van der Waals surface area contributed by atoms with Crippen LogP contribution >= 0.6 is 0 Å². The summed E-state index contributed by atoms with van der Waals surface area (Å²) >= 11 is 0. The quantitative estimate of drug-likeness (QED) is 0.554. The summed E-state index contributed by atoms with van der Waals surface area (Å²) in [4.78, 5) is 11.6. The number of benzene rings is 1. The molecule has 92 valence electrons. The minimum atomic E-state index is -1.53. The van der Waals surface area contributed by atoms with Crippen molar-refractivity contribution in [1.29, 1.82) is 0 Å². The van der Waals surface area contributed by atoms with Crippen LogP contribution in [0, 0.1) is 6.92 Å². The molecule has 1 aromatic carbocycles. The molecule has 1 heterocycles. The lowest BCUT2D eigenvalue weighted by Crippen LogP contribution is -2.29. The zero-order valence-corrected chi connectivity index (χ0v) is 10.9. The highest BCUT2D eigenvalue weighted by Gasteiger charge is 2.44. The van der Waals surface area contributed by atoms with E-state index in [1.807, 2.05) is 19.1 Å². The van der Waals surface area contributed by atoms with Crippen LogP contribution in [0.15, 0.2) is 12.1 Å². The molecule has 0 saturated heterocycles. The van der Waals surface area contributed by atoms with Crippen LogP contribution in [-0.2, 0) is 15.8 Å². The summed E-state index contributed by atoms with van der Waals surface area (Å²) in [6.45, 7) is 9.66. The van der Waals surface area contributed by atoms with E-state index in [2.05, 4.69) is 20.8 Å². The smallest absolute Gasteiger partial charge is 0.348 e. The normalized spacial score (nSPS) is 23.5. The molecular formula is C14H18O3. The maximum Gasteiger partial charge on any atom is 0.348 e. The Kier molecular flexibility index (Phi) is 2.37. The largest absolute Gasteiger partial charge is 0.423 e. The van der Waals surface area contributed by atoms with E-state index in [1.54, 1.807) is 0 Å². The average molecular weight is 234 g/mol. The second-order valence-corrected chi connectivity index (χ2v) is 5.88. The summed E-state index contributed by atoms with van der Waals surface area (Å²) in [6.07, 6.45) is 0. The maximum atomic E-state index is 11.6. The van der Waals surface area contributed by atoms with E-state index in [0.29, 0.717) is 11.3 Å². The van der Waals surface area contributed by atoms with Crippen LogP contribution in [-0.4, -0.2) is 11.1 Å². The number of carbonyl (C=O) groups excluding carboxylic acids is 1. The van der Waals surface area contributed by atoms with Gasteiger partial charge in [-0.15, -0.1) is 0 Å². The van der Waals surface area contributed by atoms with Crippen molar-refractivity contribution in [1.82, 2.24) is 0 Å². The molecule has 17 heavy (non-hydrogen) atoms. The van der Waals surface area contributed by atoms with Crippen LogP contribution in [0.1, 0.15) is 44.4 Å². The van der Waals surface area contributed by atoms with Crippen molar-refractivity contribution < 1.29 is 14.6 Å². The van der Waals surface area contributed by atoms with Gasteiger partial charge in [0.2, 0.25) is 0 Å². The molecule has 3 heteroatoms. The Morgan fingerprint density at radius 2 is 1.88 bits per heavy atom. The van der Waals surface area contributed by atoms with E-state index >= 15 is 0 Å². The van der Waals surface area contributed by atoms with Crippen molar-refractivity contribution in [3.8, 4) is 5.75 Å². The molecule has 0 spiro atoms. The number of aryl methyl sites for hydroxylation is 1. The highest BCUT2D eigenvalue weighted by molar-refractivity contribution is 5.89. The van der Waals surface area contributed by atoms with Crippen LogP contribution in [0.3, 0.4) is 0 Å². The number of hydrogen-bond acceptors (Lipinski definition) is 3. The maximum absolute atomic E-state index is 11.6. The molecule has 3 nitrogen and oxygen atoms in total. The first kappa shape index (κ1) is 12.1. The van der Waals surface area contributed by atoms with Gasteiger partial charge in [-0.1, -0.05) is 26.8 Å². The van der Waals surface area contributed by atoms with Gasteiger partial charge in [-0.3, -0.25) is 0 Å². The first-order valence-corrected chi connectivity index (χ1v) is 5.74. The van der Waals surface area contributed by atoms with Gasteiger partial charge in [-0.2, -0.15) is 0 Å². The molecule has 1 aliphatic heterocycles. The molecule has 1 aromatic rings. The number of carbonyl (C=O) groups is 1. The summed E-state index contributed by atoms with van der Waals surface area (Å²) in [5.41, 5.74) is 1.00. The third-order valence-electron chi connectivity index (χ3n) is 3.26. The lowest BCUT2D eigenvalue weighted by Gasteiger charge is -2.22. The van der Waals surface area contributed by atoms with E-state index in [9.17, 15) is 9.90 Å². The molecule has 0 aromatic heterocycles. The Labute approximate surface area is 101 Å². The molecule has 0 amide bonds. The molecule has 1 atom stereocenters. The third kappa shape index (κ3) is 1.75. The van der Waals surface area contributed by atoms with Crippen molar-refractivity contribution in [2.75, 3.05) is 0 Å². The molecule has 0 aliphatic carbocycles. The molecule has 2 rings (SSSR count). The van der Waals surface area contributed by atoms with E-state index in [4.69, 9.17) is 4.74 Å². The molecule has 1 N–H and O–H groups in total. The molecule has 0 bridgehead atoms. The molecule has 0 saturated carbocycles. The number of hydrogen-bond donors (Lipinski definition) is 1. The first-order valence-electron chi connectivity index (χ1n) is 5.74. The van der Waals surface area contributed by atoms with Crippen LogP contribution in [0.2, 0.25) is 0 Å². The van der Waals surface area contributed by atoms with Crippen molar-refractivity contribution in [3.05, 3.63) is 28.8 Å². The van der Waals surface area contributed by atoms with Crippen molar-refractivity contribution in [2.24, 2.45) is 0 Å². The summed E-state index contributed by atoms with van der Waals surface area (Å²) in [7, 11) is 0. The average Bonchev–Trinajstić information content (AvgIpc) is 2.39. The monoisotopic (exact) mass is 234 g/mol. The Morgan fingerprint density at radius 3 is 2.41 bits per heavy atom. The zero-order valence-electron chi connectivity index (χ0n) is 10.9. The minimum absolute atomic E-state index is 0.0263. The van der Waals surface area contributed by atoms with Gasteiger partial charge >= 0.3 is 5.97 Å². The fourth-order valence-corrected chi connectivity index (χ4v) is 2.01. The Balaban J connectivity index is 2.67.